The van der Waals surface area contributed by atoms with Crippen LogP contribution < -0.4 is 32.7 Å². The molecule has 0 saturated carbocycles. The number of phenols is 1. The van der Waals surface area contributed by atoms with E-state index in [1.807, 2.05) is 0 Å². The number of aliphatic imine (C=N–C) groups is 1. The minimum atomic E-state index is -1.02. The third-order valence-electron chi connectivity index (χ3n) is 6.62. The summed E-state index contributed by atoms with van der Waals surface area (Å²) in [6.07, 6.45) is 0.810. The number of Topliss-reactive ketones (excluding diaryl/α,β-unsaturated/α-hetero) is 1. The first-order valence-electron chi connectivity index (χ1n) is 13.4. The second kappa shape index (κ2) is 15.4. The van der Waals surface area contributed by atoms with Crippen molar-refractivity contribution in [2.24, 2.45) is 28.3 Å². The van der Waals surface area contributed by atoms with Gasteiger partial charge < -0.3 is 37.8 Å². The standard InChI is InChI=1S/C27H41N7O6/c1-4-19-21(36)13-17(12-16-7-9-18(35)10-8-16)24(38)34-23(15(2)3)26(40)33-20(6-5-11-30-27(28)29)25(39)31-14-22(37)32-19/h7-10,15,17,19-20,23,35H,4-6,11-14H2,1-3H3,(H,31,39)(H,32,37)(H,33,40)(H,34,38)(H4,28,29,30)/t17-,19+,20+,23-/m1/s1. The van der Waals surface area contributed by atoms with E-state index in [4.69, 9.17) is 11.5 Å². The predicted octanol–water partition coefficient (Wildman–Crippen LogP) is -0.786. The number of carbonyl (C=O) groups excluding carboxylic acids is 5. The van der Waals surface area contributed by atoms with Crippen LogP contribution in [-0.4, -0.2) is 71.7 Å². The Bertz CT molecular complexity index is 1090. The molecule has 1 aromatic rings. The molecule has 1 saturated heterocycles. The van der Waals surface area contributed by atoms with Gasteiger partial charge in [-0.25, -0.2) is 0 Å². The van der Waals surface area contributed by atoms with Crippen LogP contribution in [0.3, 0.4) is 0 Å². The molecule has 2 rings (SSSR count). The quantitative estimate of drug-likeness (QED) is 0.121. The zero-order chi connectivity index (χ0) is 29.8. The summed E-state index contributed by atoms with van der Waals surface area (Å²) in [5.74, 6) is -3.84. The number of hydrogen-bond donors (Lipinski definition) is 7. The van der Waals surface area contributed by atoms with E-state index in [0.717, 1.165) is 0 Å². The smallest absolute Gasteiger partial charge is 0.243 e. The van der Waals surface area contributed by atoms with Crippen LogP contribution in [0, 0.1) is 11.8 Å². The molecule has 0 bridgehead atoms. The molecule has 4 amide bonds. The lowest BCUT2D eigenvalue weighted by atomic mass is 9.90. The molecule has 0 radical (unpaired) electrons. The van der Waals surface area contributed by atoms with Gasteiger partial charge in [0.1, 0.15) is 17.8 Å². The van der Waals surface area contributed by atoms with Crippen LogP contribution in [-0.2, 0) is 30.4 Å². The molecule has 13 heteroatoms. The fourth-order valence-corrected chi connectivity index (χ4v) is 4.35. The Hall–Kier alpha value is -4.16. The number of guanidine groups is 1. The van der Waals surface area contributed by atoms with Crippen molar-refractivity contribution < 1.29 is 29.1 Å². The number of nitrogens with zero attached hydrogens (tertiary/aromatic N) is 1. The molecule has 1 aliphatic rings. The summed E-state index contributed by atoms with van der Waals surface area (Å²) < 4.78 is 0. The molecule has 0 spiro atoms. The second-order valence-corrected chi connectivity index (χ2v) is 10.2. The maximum Gasteiger partial charge on any atom is 0.243 e. The number of rotatable bonds is 8. The van der Waals surface area contributed by atoms with Crippen molar-refractivity contribution in [3.63, 3.8) is 0 Å². The summed E-state index contributed by atoms with van der Waals surface area (Å²) in [5.41, 5.74) is 11.4. The van der Waals surface area contributed by atoms with Crippen LogP contribution in [0.25, 0.3) is 0 Å². The molecule has 1 heterocycles. The Labute approximate surface area is 233 Å². The summed E-state index contributed by atoms with van der Waals surface area (Å²) in [6.45, 7) is 5.07. The number of nitrogens with two attached hydrogens (primary N) is 2. The zero-order valence-corrected chi connectivity index (χ0v) is 23.2. The first-order valence-corrected chi connectivity index (χ1v) is 13.4. The molecule has 0 aromatic heterocycles. The van der Waals surface area contributed by atoms with Gasteiger partial charge in [0.2, 0.25) is 23.6 Å². The van der Waals surface area contributed by atoms with Crippen LogP contribution in [0.5, 0.6) is 5.75 Å². The molecule has 9 N–H and O–H groups in total. The lowest BCUT2D eigenvalue weighted by Crippen LogP contribution is -2.56. The number of ketones is 1. The summed E-state index contributed by atoms with van der Waals surface area (Å²) in [7, 11) is 0. The van der Waals surface area contributed by atoms with E-state index in [-0.39, 0.29) is 55.6 Å². The molecule has 0 unspecified atom stereocenters. The number of benzene rings is 1. The van der Waals surface area contributed by atoms with Crippen LogP contribution in [0.2, 0.25) is 0 Å². The fraction of sp³-hybridized carbons (Fsp3) is 0.556. The summed E-state index contributed by atoms with van der Waals surface area (Å²) in [5, 5.41) is 20.2. The van der Waals surface area contributed by atoms with Crippen LogP contribution in [0.4, 0.5) is 0 Å². The van der Waals surface area contributed by atoms with Crippen molar-refractivity contribution in [1.29, 1.82) is 0 Å². The Morgan fingerprint density at radius 3 is 2.25 bits per heavy atom. The highest BCUT2D eigenvalue weighted by atomic mass is 16.3. The van der Waals surface area contributed by atoms with Crippen molar-refractivity contribution >= 4 is 35.4 Å². The van der Waals surface area contributed by atoms with E-state index in [0.29, 0.717) is 12.0 Å². The highest BCUT2D eigenvalue weighted by Crippen LogP contribution is 2.19. The first kappa shape index (κ1) is 32.1. The number of hydrogen-bond acceptors (Lipinski definition) is 7. The number of nitrogens with one attached hydrogen (secondary N) is 4. The van der Waals surface area contributed by atoms with Gasteiger partial charge in [-0.05, 0) is 49.3 Å². The summed E-state index contributed by atoms with van der Waals surface area (Å²) in [6, 6.07) is 3.40. The van der Waals surface area contributed by atoms with Gasteiger partial charge in [0.05, 0.1) is 12.6 Å². The number of aromatic hydroxyl groups is 1. The van der Waals surface area contributed by atoms with Crippen molar-refractivity contribution in [1.82, 2.24) is 21.3 Å². The van der Waals surface area contributed by atoms with E-state index >= 15 is 0 Å². The SMILES string of the molecule is CC[C@@H]1NC(=O)CNC(=O)[C@H](CCCN=C(N)N)NC(=O)[C@@H](C(C)C)NC(=O)[C@H](Cc2ccc(O)cc2)CC1=O. The van der Waals surface area contributed by atoms with Gasteiger partial charge in [-0.3, -0.25) is 29.0 Å². The van der Waals surface area contributed by atoms with E-state index in [1.165, 1.54) is 12.1 Å². The van der Waals surface area contributed by atoms with Crippen molar-refractivity contribution in [3.8, 4) is 5.75 Å². The fourth-order valence-electron chi connectivity index (χ4n) is 4.35. The van der Waals surface area contributed by atoms with Crippen molar-refractivity contribution in [2.75, 3.05) is 13.1 Å². The van der Waals surface area contributed by atoms with Crippen LogP contribution >= 0.6 is 0 Å². The molecule has 4 atom stereocenters. The molecule has 1 aliphatic heterocycles. The third-order valence-corrected chi connectivity index (χ3v) is 6.62. The van der Waals surface area contributed by atoms with E-state index in [9.17, 15) is 29.1 Å². The number of phenolic OH excluding ortho intramolecular Hbond substituents is 1. The molecule has 1 fully saturated rings. The second-order valence-electron chi connectivity index (χ2n) is 10.2. The van der Waals surface area contributed by atoms with Gasteiger partial charge in [-0.2, -0.15) is 0 Å². The Kier molecular flexibility index (Phi) is 12.4. The average molecular weight is 560 g/mol. The van der Waals surface area contributed by atoms with Gasteiger partial charge in [0.15, 0.2) is 11.7 Å². The third kappa shape index (κ3) is 10.2. The first-order chi connectivity index (χ1) is 18.9. The van der Waals surface area contributed by atoms with Gasteiger partial charge in [-0.1, -0.05) is 32.9 Å². The van der Waals surface area contributed by atoms with Crippen molar-refractivity contribution in [2.45, 2.75) is 71.0 Å². The largest absolute Gasteiger partial charge is 0.508 e. The Balaban J connectivity index is 2.38. The highest BCUT2D eigenvalue weighted by Gasteiger charge is 2.33. The van der Waals surface area contributed by atoms with E-state index in [1.54, 1.807) is 32.9 Å². The normalized spacial score (nSPS) is 23.2. The summed E-state index contributed by atoms with van der Waals surface area (Å²) in [4.78, 5) is 69.4. The molecule has 1 aromatic carbocycles. The molecule has 13 nitrogen and oxygen atoms in total. The van der Waals surface area contributed by atoms with Gasteiger partial charge in [0.25, 0.3) is 0 Å². The molecular formula is C27H41N7O6. The zero-order valence-electron chi connectivity index (χ0n) is 23.2. The molecule has 0 aliphatic carbocycles. The number of carbonyl (C=O) groups is 5. The number of amides is 4. The lowest BCUT2D eigenvalue weighted by molar-refractivity contribution is -0.135. The van der Waals surface area contributed by atoms with Gasteiger partial charge in [0, 0.05) is 18.9 Å². The van der Waals surface area contributed by atoms with Crippen LogP contribution in [0.15, 0.2) is 29.3 Å². The minimum Gasteiger partial charge on any atom is -0.508 e. The highest BCUT2D eigenvalue weighted by molar-refractivity contribution is 5.97. The van der Waals surface area contributed by atoms with Crippen LogP contribution in [0.1, 0.15) is 52.0 Å². The molecule has 40 heavy (non-hydrogen) atoms. The maximum absolute atomic E-state index is 13.5. The van der Waals surface area contributed by atoms with Gasteiger partial charge >= 0.3 is 0 Å². The monoisotopic (exact) mass is 559 g/mol. The Morgan fingerprint density at radius 2 is 1.65 bits per heavy atom. The van der Waals surface area contributed by atoms with Crippen molar-refractivity contribution in [3.05, 3.63) is 29.8 Å². The van der Waals surface area contributed by atoms with Gasteiger partial charge in [-0.15, -0.1) is 0 Å². The average Bonchev–Trinajstić information content (AvgIpc) is 2.90. The molecular weight excluding hydrogens is 518 g/mol. The van der Waals surface area contributed by atoms with E-state index in [2.05, 4.69) is 26.3 Å². The predicted molar refractivity (Wildman–Crippen MR) is 149 cm³/mol. The topological polar surface area (TPSA) is 218 Å². The minimum absolute atomic E-state index is 0.0626. The maximum atomic E-state index is 13.5. The Morgan fingerprint density at radius 1 is 0.975 bits per heavy atom. The van der Waals surface area contributed by atoms with E-state index < -0.39 is 54.2 Å². The molecule has 220 valence electrons. The summed E-state index contributed by atoms with van der Waals surface area (Å²) >= 11 is 0. The lowest BCUT2D eigenvalue weighted by Gasteiger charge is -2.27.